The van der Waals surface area contributed by atoms with Gasteiger partial charge in [0.1, 0.15) is 34.9 Å². The van der Waals surface area contributed by atoms with Crippen LogP contribution in [0.25, 0.3) is 0 Å². The summed E-state index contributed by atoms with van der Waals surface area (Å²) in [4.78, 5) is 87.7. The molecule has 314 valence electrons. The van der Waals surface area contributed by atoms with Crippen LogP contribution in [0.2, 0.25) is 0 Å². The number of methoxy groups -OCH3 is 1. The molecule has 14 nitrogen and oxygen atoms in total. The smallest absolute Gasteiger partial charge is 0.408 e. The zero-order valence-electron chi connectivity index (χ0n) is 35.7. The van der Waals surface area contributed by atoms with E-state index in [1.807, 2.05) is 0 Å². The van der Waals surface area contributed by atoms with Crippen LogP contribution in [0.3, 0.4) is 0 Å². The van der Waals surface area contributed by atoms with E-state index in [4.69, 9.17) is 18.9 Å². The summed E-state index contributed by atoms with van der Waals surface area (Å²) in [6.07, 6.45) is -1.32. The third-order valence-electron chi connectivity index (χ3n) is 8.28. The Balaban J connectivity index is 2.25. The lowest BCUT2D eigenvalue weighted by Crippen LogP contribution is -2.57. The first kappa shape index (κ1) is 46.6. The molecule has 3 aromatic rings. The van der Waals surface area contributed by atoms with E-state index in [1.165, 1.54) is 7.11 Å². The lowest BCUT2D eigenvalue weighted by Gasteiger charge is -2.28. The van der Waals surface area contributed by atoms with Crippen molar-refractivity contribution in [2.45, 2.75) is 130 Å². The first-order valence-corrected chi connectivity index (χ1v) is 19.1. The van der Waals surface area contributed by atoms with Gasteiger partial charge < -0.3 is 34.9 Å². The Morgan fingerprint density at radius 3 is 1.33 bits per heavy atom. The number of ether oxygens (including phenoxy) is 4. The van der Waals surface area contributed by atoms with E-state index in [0.29, 0.717) is 11.1 Å². The highest BCUT2D eigenvalue weighted by Gasteiger charge is 2.36. The van der Waals surface area contributed by atoms with Gasteiger partial charge >= 0.3 is 24.0 Å². The van der Waals surface area contributed by atoms with Gasteiger partial charge in [-0.05, 0) is 92.9 Å². The fraction of sp³-hybridized carbons (Fsp3) is 0.477. The molecule has 0 saturated heterocycles. The Bertz CT molecular complexity index is 1890. The molecule has 2 aromatic carbocycles. The molecule has 0 saturated carbocycles. The van der Waals surface area contributed by atoms with Crippen LogP contribution in [0.1, 0.15) is 111 Å². The molecule has 0 aliphatic rings. The van der Waals surface area contributed by atoms with Crippen LogP contribution >= 0.6 is 0 Å². The van der Waals surface area contributed by atoms with Gasteiger partial charge in [0.05, 0.1) is 29.6 Å². The number of carbonyl (C=O) groups excluding carboxylic acids is 6. The van der Waals surface area contributed by atoms with Crippen LogP contribution in [0, 0.1) is 13.8 Å². The van der Waals surface area contributed by atoms with E-state index in [9.17, 15) is 28.8 Å². The summed E-state index contributed by atoms with van der Waals surface area (Å²) < 4.78 is 22.1. The number of amides is 3. The van der Waals surface area contributed by atoms with Crippen molar-refractivity contribution in [2.75, 3.05) is 7.11 Å². The van der Waals surface area contributed by atoms with E-state index in [-0.39, 0.29) is 40.9 Å². The zero-order valence-corrected chi connectivity index (χ0v) is 35.7. The number of nitrogens with one attached hydrogen (secondary N) is 3. The average molecular weight is 803 g/mol. The SMILES string of the molecule is COC(=O)[C@H](Cc1ccccc1)NC(=O)[C@H](Cc1c(C(=O)OC(C)(C)C)c(C)nc(C)c1C(=O)OC(C)(C)C)NC(=O)[C@H](Cc1ccccc1)NC(=O)OC(C)(C)C. The zero-order chi connectivity index (χ0) is 43.6. The summed E-state index contributed by atoms with van der Waals surface area (Å²) in [6, 6.07) is 13.8. The normalized spacial score (nSPS) is 13.2. The summed E-state index contributed by atoms with van der Waals surface area (Å²) >= 11 is 0. The average Bonchev–Trinajstić information content (AvgIpc) is 3.08. The highest BCUT2D eigenvalue weighted by molar-refractivity contribution is 6.01. The van der Waals surface area contributed by atoms with Crippen LogP contribution in [0.5, 0.6) is 0 Å². The van der Waals surface area contributed by atoms with Crippen molar-refractivity contribution in [1.29, 1.82) is 0 Å². The molecule has 1 aromatic heterocycles. The predicted octanol–water partition coefficient (Wildman–Crippen LogP) is 5.67. The number of benzene rings is 2. The molecule has 0 fully saturated rings. The molecule has 0 unspecified atom stereocenters. The summed E-state index contributed by atoms with van der Waals surface area (Å²) in [5, 5.41) is 8.09. The van der Waals surface area contributed by atoms with Crippen LogP contribution in [-0.4, -0.2) is 82.8 Å². The molecule has 0 bridgehead atoms. The molecular formula is C44H58N4O10. The van der Waals surface area contributed by atoms with Crippen LogP contribution in [-0.2, 0) is 52.6 Å². The Kier molecular flexibility index (Phi) is 15.7. The number of nitrogens with zero attached hydrogens (tertiary/aromatic N) is 1. The second kappa shape index (κ2) is 19.6. The third-order valence-corrected chi connectivity index (χ3v) is 8.28. The van der Waals surface area contributed by atoms with Crippen molar-refractivity contribution in [3.05, 3.63) is 99.9 Å². The lowest BCUT2D eigenvalue weighted by atomic mass is 9.91. The first-order chi connectivity index (χ1) is 26.9. The largest absolute Gasteiger partial charge is 0.467 e. The molecule has 0 aliphatic heterocycles. The van der Waals surface area contributed by atoms with Gasteiger partial charge in [0.2, 0.25) is 11.8 Å². The fourth-order valence-corrected chi connectivity index (χ4v) is 5.98. The topological polar surface area (TPSA) is 188 Å². The summed E-state index contributed by atoms with van der Waals surface area (Å²) in [7, 11) is 1.19. The number of esters is 3. The summed E-state index contributed by atoms with van der Waals surface area (Å²) in [6.45, 7) is 18.2. The van der Waals surface area contributed by atoms with E-state index >= 15 is 0 Å². The number of carbonyl (C=O) groups is 6. The maximum absolute atomic E-state index is 14.6. The number of pyridine rings is 1. The van der Waals surface area contributed by atoms with Crippen molar-refractivity contribution in [3.63, 3.8) is 0 Å². The Hall–Kier alpha value is -5.79. The Morgan fingerprint density at radius 2 is 0.931 bits per heavy atom. The van der Waals surface area contributed by atoms with Crippen molar-refractivity contribution in [1.82, 2.24) is 20.9 Å². The van der Waals surface area contributed by atoms with Gasteiger partial charge in [-0.25, -0.2) is 19.2 Å². The first-order valence-electron chi connectivity index (χ1n) is 19.1. The quantitative estimate of drug-likeness (QED) is 0.135. The number of alkyl carbamates (subject to hydrolysis) is 1. The van der Waals surface area contributed by atoms with Gasteiger partial charge in [0.15, 0.2) is 0 Å². The molecular weight excluding hydrogens is 745 g/mol. The van der Waals surface area contributed by atoms with Crippen molar-refractivity contribution in [2.24, 2.45) is 0 Å². The number of rotatable bonds is 14. The summed E-state index contributed by atoms with van der Waals surface area (Å²) in [5.74, 6) is -4.06. The van der Waals surface area contributed by atoms with E-state index in [0.717, 1.165) is 0 Å². The minimum atomic E-state index is -1.57. The molecule has 58 heavy (non-hydrogen) atoms. The maximum atomic E-state index is 14.6. The number of aryl methyl sites for hydroxylation is 2. The van der Waals surface area contributed by atoms with Gasteiger partial charge in [-0.2, -0.15) is 0 Å². The van der Waals surface area contributed by atoms with Gasteiger partial charge in [-0.3, -0.25) is 14.6 Å². The second-order valence-corrected chi connectivity index (χ2v) is 16.9. The highest BCUT2D eigenvalue weighted by Crippen LogP contribution is 2.27. The molecule has 1 heterocycles. The van der Waals surface area contributed by atoms with Gasteiger partial charge in [-0.1, -0.05) is 60.7 Å². The number of aromatic nitrogens is 1. The van der Waals surface area contributed by atoms with Gasteiger partial charge in [-0.15, -0.1) is 0 Å². The lowest BCUT2D eigenvalue weighted by molar-refractivity contribution is -0.145. The molecule has 3 rings (SSSR count). The standard InChI is InChI=1S/C44H58N4O10/c1-26-34(39(52)56-42(3,4)5)30(35(27(2)45-26)40(53)57-43(6,7)8)25-32(37(50)47-33(38(51)55-12)24-29-21-17-14-18-22-29)46-36(49)31(23-28-19-15-13-16-20-28)48-41(54)58-44(9,10)11/h13-22,31-33H,23-25H2,1-12H3,(H,46,49)(H,47,50)(H,48,54)/t31-,32-,33-/m0/s1. The van der Waals surface area contributed by atoms with Crippen molar-refractivity contribution in [3.8, 4) is 0 Å². The minimum Gasteiger partial charge on any atom is -0.467 e. The molecule has 0 spiro atoms. The predicted molar refractivity (Wildman–Crippen MR) is 217 cm³/mol. The molecule has 3 N–H and O–H groups in total. The van der Waals surface area contributed by atoms with Gasteiger partial charge in [0, 0.05) is 19.3 Å². The van der Waals surface area contributed by atoms with E-state index in [1.54, 1.807) is 137 Å². The molecule has 0 aliphatic carbocycles. The Labute approximate surface area is 341 Å². The Morgan fingerprint density at radius 1 is 0.552 bits per heavy atom. The van der Waals surface area contributed by atoms with Crippen LogP contribution in [0.15, 0.2) is 60.7 Å². The summed E-state index contributed by atoms with van der Waals surface area (Å²) in [5.41, 5.74) is -1.21. The van der Waals surface area contributed by atoms with Crippen LogP contribution in [0.4, 0.5) is 4.79 Å². The number of hydrogen-bond donors (Lipinski definition) is 3. The second-order valence-electron chi connectivity index (χ2n) is 16.9. The monoisotopic (exact) mass is 802 g/mol. The van der Waals surface area contributed by atoms with Gasteiger partial charge in [0.25, 0.3) is 0 Å². The van der Waals surface area contributed by atoms with Crippen LogP contribution < -0.4 is 16.0 Å². The van der Waals surface area contributed by atoms with E-state index in [2.05, 4.69) is 20.9 Å². The fourth-order valence-electron chi connectivity index (χ4n) is 5.98. The van der Waals surface area contributed by atoms with Crippen molar-refractivity contribution < 1.29 is 47.7 Å². The highest BCUT2D eigenvalue weighted by atomic mass is 16.6. The van der Waals surface area contributed by atoms with Crippen molar-refractivity contribution >= 4 is 35.8 Å². The maximum Gasteiger partial charge on any atom is 0.408 e. The molecule has 3 atom stereocenters. The van der Waals surface area contributed by atoms with E-state index < -0.39 is 77.2 Å². The third kappa shape index (κ3) is 14.6. The molecule has 3 amide bonds. The molecule has 0 radical (unpaired) electrons. The number of hydrogen-bond acceptors (Lipinski definition) is 11. The minimum absolute atomic E-state index is 0.00115. The molecule has 14 heteroatoms.